The van der Waals surface area contributed by atoms with Gasteiger partial charge in [-0.1, -0.05) is 30.3 Å². The number of nitrogens with two attached hydrogens (primary N) is 1. The first kappa shape index (κ1) is 29.4. The van der Waals surface area contributed by atoms with Crippen LogP contribution in [0.1, 0.15) is 39.2 Å². The zero-order valence-corrected chi connectivity index (χ0v) is 22.2. The van der Waals surface area contributed by atoms with Crippen LogP contribution in [0.4, 0.5) is 4.79 Å². The van der Waals surface area contributed by atoms with Crippen molar-refractivity contribution in [2.75, 3.05) is 13.7 Å². The second-order valence-corrected chi connectivity index (χ2v) is 10.7. The van der Waals surface area contributed by atoms with Gasteiger partial charge in [-0.25, -0.2) is 22.7 Å². The lowest BCUT2D eigenvalue weighted by Gasteiger charge is -2.23. The average Bonchev–Trinajstić information content (AvgIpc) is 2.83. The molecule has 2 aromatic rings. The third kappa shape index (κ3) is 10.8. The summed E-state index contributed by atoms with van der Waals surface area (Å²) in [5.74, 6) is -0.427. The fraction of sp³-hybridized carbons (Fsp3) is 0.400. The number of rotatable bonds is 11. The molecule has 0 spiro atoms. The highest BCUT2D eigenvalue weighted by atomic mass is 32.2. The van der Waals surface area contributed by atoms with Gasteiger partial charge in [-0.2, -0.15) is 0 Å². The van der Waals surface area contributed by atoms with E-state index in [2.05, 4.69) is 15.0 Å². The van der Waals surface area contributed by atoms with Gasteiger partial charge in [0.1, 0.15) is 24.0 Å². The van der Waals surface area contributed by atoms with Crippen molar-refractivity contribution in [3.05, 3.63) is 60.2 Å². The van der Waals surface area contributed by atoms with Crippen LogP contribution in [-0.4, -0.2) is 51.7 Å². The Labute approximate surface area is 217 Å². The lowest BCUT2D eigenvalue weighted by atomic mass is 10.1. The van der Waals surface area contributed by atoms with Crippen LogP contribution in [0.5, 0.6) is 5.75 Å². The average molecular weight is 535 g/mol. The third-order valence-corrected chi connectivity index (χ3v) is 6.11. The smallest absolute Gasteiger partial charge is 0.408 e. The number of ether oxygens (including phenoxy) is 3. The zero-order valence-electron chi connectivity index (χ0n) is 21.4. The predicted molar refractivity (Wildman–Crippen MR) is 138 cm³/mol. The van der Waals surface area contributed by atoms with E-state index in [4.69, 9.17) is 19.9 Å². The van der Waals surface area contributed by atoms with Crippen molar-refractivity contribution in [2.24, 2.45) is 10.7 Å². The van der Waals surface area contributed by atoms with Gasteiger partial charge < -0.3 is 25.3 Å². The van der Waals surface area contributed by atoms with Crippen molar-refractivity contribution in [1.82, 2.24) is 10.0 Å². The van der Waals surface area contributed by atoms with Gasteiger partial charge in [-0.05, 0) is 63.4 Å². The summed E-state index contributed by atoms with van der Waals surface area (Å²) >= 11 is 0. The van der Waals surface area contributed by atoms with Crippen LogP contribution in [0.3, 0.4) is 0 Å². The molecule has 0 aliphatic heterocycles. The number of alkyl carbamates (subject to hydrolysis) is 1. The van der Waals surface area contributed by atoms with Gasteiger partial charge in [0.25, 0.3) is 10.0 Å². The zero-order chi connectivity index (χ0) is 27.5. The molecule has 0 radical (unpaired) electrons. The van der Waals surface area contributed by atoms with Crippen LogP contribution in [0.2, 0.25) is 0 Å². The van der Waals surface area contributed by atoms with Crippen LogP contribution in [0, 0.1) is 0 Å². The first-order chi connectivity index (χ1) is 17.4. The molecule has 0 saturated carbocycles. The number of nitrogens with one attached hydrogen (secondary N) is 2. The number of hydrogen-bond donors (Lipinski definition) is 3. The van der Waals surface area contributed by atoms with E-state index in [9.17, 15) is 18.0 Å². The molecule has 37 heavy (non-hydrogen) atoms. The fourth-order valence-electron chi connectivity index (χ4n) is 3.01. The normalized spacial score (nSPS) is 12.8. The number of nitrogens with zero attached hydrogens (tertiary/aromatic N) is 1. The number of methoxy groups -OCH3 is 1. The molecule has 2 aromatic carbocycles. The number of esters is 1. The van der Waals surface area contributed by atoms with E-state index in [-0.39, 0.29) is 30.4 Å². The van der Waals surface area contributed by atoms with E-state index in [0.717, 1.165) is 5.56 Å². The number of carbonyl (C=O) groups is 2. The fourth-order valence-corrected chi connectivity index (χ4v) is 3.96. The first-order valence-corrected chi connectivity index (χ1v) is 13.0. The summed E-state index contributed by atoms with van der Waals surface area (Å²) in [6.07, 6.45) is -0.301. The summed E-state index contributed by atoms with van der Waals surface area (Å²) in [4.78, 5) is 28.9. The lowest BCUT2D eigenvalue weighted by molar-refractivity contribution is -0.147. The Balaban J connectivity index is 1.95. The van der Waals surface area contributed by atoms with Gasteiger partial charge in [0.05, 0.1) is 12.0 Å². The number of aliphatic imine (C=N–C) groups is 1. The number of guanidine groups is 1. The largest absolute Gasteiger partial charge is 0.497 e. The number of carbonyl (C=O) groups excluding carboxylic acids is 2. The SMILES string of the molecule is COc1ccc(S(=O)(=O)NC(N)=NCCCC(NC(=O)OC(C)(C)C)C(=O)OCc2ccccc2)cc1. The highest BCUT2D eigenvalue weighted by Gasteiger charge is 2.25. The van der Waals surface area contributed by atoms with Crippen molar-refractivity contribution in [1.29, 1.82) is 0 Å². The van der Waals surface area contributed by atoms with Crippen molar-refractivity contribution in [3.63, 3.8) is 0 Å². The molecular formula is C25H34N4O7S. The van der Waals surface area contributed by atoms with Crippen molar-refractivity contribution in [3.8, 4) is 5.75 Å². The summed E-state index contributed by atoms with van der Waals surface area (Å²) in [5, 5.41) is 2.53. The first-order valence-electron chi connectivity index (χ1n) is 11.6. The summed E-state index contributed by atoms with van der Waals surface area (Å²) in [6.45, 7) is 5.26. The van der Waals surface area contributed by atoms with E-state index in [1.807, 2.05) is 30.3 Å². The Bertz CT molecular complexity index is 1160. The molecule has 12 heteroatoms. The molecule has 0 fully saturated rings. The van der Waals surface area contributed by atoms with E-state index in [0.29, 0.717) is 12.2 Å². The monoisotopic (exact) mass is 534 g/mol. The Morgan fingerprint density at radius 3 is 2.30 bits per heavy atom. The van der Waals surface area contributed by atoms with Crippen LogP contribution in [-0.2, 0) is 30.9 Å². The summed E-state index contributed by atoms with van der Waals surface area (Å²) in [7, 11) is -2.45. The molecule has 0 aromatic heterocycles. The summed E-state index contributed by atoms with van der Waals surface area (Å²) in [6, 6.07) is 13.9. The quantitative estimate of drug-likeness (QED) is 0.172. The molecule has 0 heterocycles. The van der Waals surface area contributed by atoms with Gasteiger partial charge in [-0.15, -0.1) is 0 Å². The second kappa shape index (κ2) is 13.5. The highest BCUT2D eigenvalue weighted by molar-refractivity contribution is 7.90. The number of sulfonamides is 1. The van der Waals surface area contributed by atoms with Crippen LogP contribution in [0.25, 0.3) is 0 Å². The molecule has 0 saturated heterocycles. The minimum Gasteiger partial charge on any atom is -0.497 e. The van der Waals surface area contributed by atoms with Gasteiger partial charge in [-0.3, -0.25) is 4.99 Å². The molecule has 0 bridgehead atoms. The van der Waals surface area contributed by atoms with Gasteiger partial charge in [0.2, 0.25) is 5.96 Å². The predicted octanol–water partition coefficient (Wildman–Crippen LogP) is 2.71. The van der Waals surface area contributed by atoms with Gasteiger partial charge in [0, 0.05) is 6.54 Å². The van der Waals surface area contributed by atoms with E-state index in [1.54, 1.807) is 20.8 Å². The topological polar surface area (TPSA) is 158 Å². The minimum atomic E-state index is -3.93. The van der Waals surface area contributed by atoms with Crippen LogP contribution >= 0.6 is 0 Å². The molecule has 2 rings (SSSR count). The van der Waals surface area contributed by atoms with Crippen LogP contribution < -0.4 is 20.5 Å². The number of hydrogen-bond acceptors (Lipinski definition) is 8. The second-order valence-electron chi connectivity index (χ2n) is 8.98. The van der Waals surface area contributed by atoms with Crippen molar-refractivity contribution < 1.29 is 32.2 Å². The Morgan fingerprint density at radius 2 is 1.70 bits per heavy atom. The maximum absolute atomic E-state index is 12.7. The van der Waals surface area contributed by atoms with Crippen molar-refractivity contribution in [2.45, 2.75) is 56.8 Å². The molecule has 0 aliphatic rings. The third-order valence-electron chi connectivity index (χ3n) is 4.74. The van der Waals surface area contributed by atoms with Crippen LogP contribution in [0.15, 0.2) is 64.5 Å². The van der Waals surface area contributed by atoms with E-state index < -0.39 is 33.7 Å². The van der Waals surface area contributed by atoms with E-state index >= 15 is 0 Å². The molecular weight excluding hydrogens is 500 g/mol. The van der Waals surface area contributed by atoms with Gasteiger partial charge in [0.15, 0.2) is 0 Å². The molecule has 11 nitrogen and oxygen atoms in total. The summed E-state index contributed by atoms with van der Waals surface area (Å²) < 4.78 is 42.7. The standard InChI is InChI=1S/C25H34N4O7S/c1-25(2,3)36-24(31)28-21(22(30)35-17-18-9-6-5-7-10-18)11-8-16-27-23(26)29-37(32,33)20-14-12-19(34-4)13-15-20/h5-7,9-10,12-15,21H,8,11,16-17H2,1-4H3,(H,28,31)(H3,26,27,29). The molecule has 1 unspecified atom stereocenters. The molecule has 1 atom stereocenters. The Hall–Kier alpha value is -3.80. The number of amides is 1. The van der Waals surface area contributed by atoms with Gasteiger partial charge >= 0.3 is 12.1 Å². The van der Waals surface area contributed by atoms with E-state index in [1.165, 1.54) is 31.4 Å². The molecule has 0 aliphatic carbocycles. The highest BCUT2D eigenvalue weighted by Crippen LogP contribution is 2.15. The maximum atomic E-state index is 12.7. The molecule has 4 N–H and O–H groups in total. The lowest BCUT2D eigenvalue weighted by Crippen LogP contribution is -2.44. The summed E-state index contributed by atoms with van der Waals surface area (Å²) in [5.41, 5.74) is 5.80. The molecule has 1 amide bonds. The van der Waals surface area contributed by atoms with Crippen molar-refractivity contribution >= 4 is 28.0 Å². The maximum Gasteiger partial charge on any atom is 0.408 e. The minimum absolute atomic E-state index is 0.00534. The number of benzene rings is 2. The Morgan fingerprint density at radius 1 is 1.05 bits per heavy atom. The molecule has 202 valence electrons. The Kier molecular flexibility index (Phi) is 10.7.